The number of nitrogens with zero attached hydrogens (tertiary/aromatic N) is 4. The average molecular weight is 280 g/mol. The van der Waals surface area contributed by atoms with Gasteiger partial charge in [0.1, 0.15) is 0 Å². The molecule has 1 aromatic rings. The van der Waals surface area contributed by atoms with Crippen LogP contribution in [-0.2, 0) is 4.74 Å². The van der Waals surface area contributed by atoms with Gasteiger partial charge in [-0.05, 0) is 26.7 Å². The minimum Gasteiger partial charge on any atom is -0.377 e. The smallest absolute Gasteiger partial charge is 0.243 e. The summed E-state index contributed by atoms with van der Waals surface area (Å²) in [5, 5.41) is 3.88. The van der Waals surface area contributed by atoms with Gasteiger partial charge >= 0.3 is 0 Å². The van der Waals surface area contributed by atoms with Gasteiger partial charge in [-0.15, -0.1) is 0 Å². The highest BCUT2D eigenvalue weighted by molar-refractivity contribution is 4.92. The Labute approximate surface area is 120 Å². The van der Waals surface area contributed by atoms with Crippen LogP contribution < -0.4 is 0 Å². The molecule has 3 heterocycles. The lowest BCUT2D eigenvalue weighted by atomic mass is 10.2. The minimum absolute atomic E-state index is 0.209. The van der Waals surface area contributed by atoms with Crippen LogP contribution in [0.1, 0.15) is 37.5 Å². The van der Waals surface area contributed by atoms with Crippen molar-refractivity contribution in [3.05, 3.63) is 11.7 Å². The van der Waals surface area contributed by atoms with E-state index in [1.807, 2.05) is 6.92 Å². The molecule has 0 aromatic carbocycles. The number of hydrogen-bond donors (Lipinski definition) is 0. The first kappa shape index (κ1) is 14.0. The molecule has 0 saturated carbocycles. The van der Waals surface area contributed by atoms with Crippen molar-refractivity contribution in [1.29, 1.82) is 0 Å². The molecule has 112 valence electrons. The Hall–Kier alpha value is -0.980. The van der Waals surface area contributed by atoms with E-state index in [-0.39, 0.29) is 6.04 Å². The molecular formula is C14H24N4O2. The summed E-state index contributed by atoms with van der Waals surface area (Å²) in [4.78, 5) is 9.26. The van der Waals surface area contributed by atoms with E-state index in [1.54, 1.807) is 0 Å². The highest BCUT2D eigenvalue weighted by atomic mass is 16.5. The fraction of sp³-hybridized carbons (Fsp3) is 0.857. The highest BCUT2D eigenvalue weighted by Gasteiger charge is 2.27. The highest BCUT2D eigenvalue weighted by Crippen LogP contribution is 2.21. The molecule has 0 aliphatic carbocycles. The number of rotatable bonds is 4. The third-order valence-corrected chi connectivity index (χ3v) is 4.34. The molecule has 0 radical (unpaired) electrons. The van der Waals surface area contributed by atoms with Crippen LogP contribution in [0.4, 0.5) is 0 Å². The van der Waals surface area contributed by atoms with Gasteiger partial charge in [0.25, 0.3) is 0 Å². The summed E-state index contributed by atoms with van der Waals surface area (Å²) in [7, 11) is 0. The van der Waals surface area contributed by atoms with Gasteiger partial charge in [0.05, 0.1) is 12.1 Å². The minimum atomic E-state index is 0.209. The topological polar surface area (TPSA) is 54.6 Å². The van der Waals surface area contributed by atoms with Gasteiger partial charge in [-0.1, -0.05) is 5.16 Å². The molecule has 6 nitrogen and oxygen atoms in total. The van der Waals surface area contributed by atoms with E-state index in [0.717, 1.165) is 45.2 Å². The van der Waals surface area contributed by atoms with Crippen molar-refractivity contribution in [2.45, 2.75) is 38.8 Å². The summed E-state index contributed by atoms with van der Waals surface area (Å²) in [6, 6.07) is 0.209. The number of aryl methyl sites for hydroxylation is 1. The molecule has 0 N–H and O–H groups in total. The molecule has 2 atom stereocenters. The van der Waals surface area contributed by atoms with Gasteiger partial charge in [0, 0.05) is 39.3 Å². The van der Waals surface area contributed by atoms with Crippen LogP contribution >= 0.6 is 0 Å². The quantitative estimate of drug-likeness (QED) is 0.827. The molecule has 0 spiro atoms. The summed E-state index contributed by atoms with van der Waals surface area (Å²) < 4.78 is 11.0. The van der Waals surface area contributed by atoms with E-state index in [9.17, 15) is 0 Å². The Morgan fingerprint density at radius 3 is 2.70 bits per heavy atom. The monoisotopic (exact) mass is 280 g/mol. The van der Waals surface area contributed by atoms with Crippen LogP contribution in [0.15, 0.2) is 4.52 Å². The Bertz CT molecular complexity index is 423. The second kappa shape index (κ2) is 6.20. The van der Waals surface area contributed by atoms with E-state index in [4.69, 9.17) is 9.26 Å². The third kappa shape index (κ3) is 3.19. The maximum Gasteiger partial charge on any atom is 0.243 e. The fourth-order valence-electron chi connectivity index (χ4n) is 3.05. The predicted octanol–water partition coefficient (Wildman–Crippen LogP) is 1.24. The normalized spacial score (nSPS) is 27.0. The molecule has 2 aliphatic rings. The molecule has 2 fully saturated rings. The van der Waals surface area contributed by atoms with E-state index < -0.39 is 0 Å². The zero-order valence-electron chi connectivity index (χ0n) is 12.4. The maximum absolute atomic E-state index is 5.71. The summed E-state index contributed by atoms with van der Waals surface area (Å²) in [5.74, 6) is 1.44. The predicted molar refractivity (Wildman–Crippen MR) is 74.4 cm³/mol. The summed E-state index contributed by atoms with van der Waals surface area (Å²) >= 11 is 0. The van der Waals surface area contributed by atoms with Gasteiger partial charge in [0.2, 0.25) is 5.89 Å². The summed E-state index contributed by atoms with van der Waals surface area (Å²) in [6.45, 7) is 10.3. The van der Waals surface area contributed by atoms with Crippen LogP contribution in [0.2, 0.25) is 0 Å². The lowest BCUT2D eigenvalue weighted by molar-refractivity contribution is 0.0379. The van der Waals surface area contributed by atoms with Gasteiger partial charge in [-0.2, -0.15) is 4.98 Å². The van der Waals surface area contributed by atoms with E-state index in [0.29, 0.717) is 11.9 Å². The molecule has 2 aliphatic heterocycles. The van der Waals surface area contributed by atoms with Crippen molar-refractivity contribution < 1.29 is 9.26 Å². The largest absolute Gasteiger partial charge is 0.377 e. The standard InChI is InChI=1S/C14H24N4O2/c1-11(14-15-12(2)16-20-14)18-7-5-17(6-8-18)10-13-4-3-9-19-13/h11,13H,3-10H2,1-2H3. The van der Waals surface area contributed by atoms with Crippen LogP contribution in [-0.4, -0.2) is 65.4 Å². The SMILES string of the molecule is Cc1noc(C(C)N2CCN(CC3CCCO3)CC2)n1. The van der Waals surface area contributed by atoms with Crippen molar-refractivity contribution >= 4 is 0 Å². The zero-order valence-corrected chi connectivity index (χ0v) is 12.4. The lowest BCUT2D eigenvalue weighted by Gasteiger charge is -2.37. The zero-order chi connectivity index (χ0) is 13.9. The summed E-state index contributed by atoms with van der Waals surface area (Å²) in [5.41, 5.74) is 0. The van der Waals surface area contributed by atoms with Crippen molar-refractivity contribution in [3.8, 4) is 0 Å². The van der Waals surface area contributed by atoms with Gasteiger partial charge < -0.3 is 9.26 Å². The molecule has 2 unspecified atom stereocenters. The number of ether oxygens (including phenoxy) is 1. The molecule has 0 bridgehead atoms. The van der Waals surface area contributed by atoms with E-state index in [2.05, 4.69) is 26.9 Å². The Morgan fingerprint density at radius 2 is 2.10 bits per heavy atom. The number of aromatic nitrogens is 2. The second-order valence-electron chi connectivity index (χ2n) is 5.83. The first-order valence-electron chi connectivity index (χ1n) is 7.60. The molecule has 20 heavy (non-hydrogen) atoms. The van der Waals surface area contributed by atoms with Crippen LogP contribution in [0.3, 0.4) is 0 Å². The van der Waals surface area contributed by atoms with Crippen molar-refractivity contribution in [1.82, 2.24) is 19.9 Å². The average Bonchev–Trinajstić information content (AvgIpc) is 3.10. The molecule has 6 heteroatoms. The first-order chi connectivity index (χ1) is 9.72. The van der Waals surface area contributed by atoms with E-state index >= 15 is 0 Å². The van der Waals surface area contributed by atoms with Crippen molar-refractivity contribution in [2.75, 3.05) is 39.3 Å². The first-order valence-corrected chi connectivity index (χ1v) is 7.60. The van der Waals surface area contributed by atoms with Crippen LogP contribution in [0.5, 0.6) is 0 Å². The molecule has 0 amide bonds. The van der Waals surface area contributed by atoms with Crippen LogP contribution in [0, 0.1) is 6.92 Å². The van der Waals surface area contributed by atoms with Crippen molar-refractivity contribution in [2.24, 2.45) is 0 Å². The second-order valence-corrected chi connectivity index (χ2v) is 5.83. The van der Waals surface area contributed by atoms with Crippen molar-refractivity contribution in [3.63, 3.8) is 0 Å². The molecule has 2 saturated heterocycles. The van der Waals surface area contributed by atoms with Crippen LogP contribution in [0.25, 0.3) is 0 Å². The van der Waals surface area contributed by atoms with Gasteiger partial charge in [0.15, 0.2) is 5.82 Å². The third-order valence-electron chi connectivity index (χ3n) is 4.34. The maximum atomic E-state index is 5.71. The summed E-state index contributed by atoms with van der Waals surface area (Å²) in [6.07, 6.45) is 2.90. The lowest BCUT2D eigenvalue weighted by Crippen LogP contribution is -2.49. The fourth-order valence-corrected chi connectivity index (χ4v) is 3.05. The Morgan fingerprint density at radius 1 is 1.30 bits per heavy atom. The number of hydrogen-bond acceptors (Lipinski definition) is 6. The Kier molecular flexibility index (Phi) is 4.33. The molecular weight excluding hydrogens is 256 g/mol. The van der Waals surface area contributed by atoms with E-state index in [1.165, 1.54) is 12.8 Å². The number of piperazine rings is 1. The Balaban J connectivity index is 1.48. The molecule has 1 aromatic heterocycles. The van der Waals surface area contributed by atoms with Gasteiger partial charge in [-0.25, -0.2) is 0 Å². The van der Waals surface area contributed by atoms with Gasteiger partial charge in [-0.3, -0.25) is 9.80 Å². The molecule has 3 rings (SSSR count).